The highest BCUT2D eigenvalue weighted by Crippen LogP contribution is 2.41. The summed E-state index contributed by atoms with van der Waals surface area (Å²) in [7, 11) is 0. The summed E-state index contributed by atoms with van der Waals surface area (Å²) in [5, 5.41) is 7.22. The number of isocyanates is 1. The van der Waals surface area contributed by atoms with Gasteiger partial charge in [-0.25, -0.2) is 4.79 Å². The molecule has 0 saturated heterocycles. The highest BCUT2D eigenvalue weighted by Gasteiger charge is 2.54. The lowest BCUT2D eigenvalue weighted by Crippen LogP contribution is -2.28. The van der Waals surface area contributed by atoms with Gasteiger partial charge in [-0.05, 0) is 6.08 Å². The van der Waals surface area contributed by atoms with Gasteiger partial charge >= 0.3 is 0 Å². The van der Waals surface area contributed by atoms with Crippen LogP contribution >= 0.6 is 0 Å². The van der Waals surface area contributed by atoms with Crippen molar-refractivity contribution in [2.75, 3.05) is 0 Å². The lowest BCUT2D eigenvalue weighted by atomic mass is 10.2. The van der Waals surface area contributed by atoms with E-state index in [2.05, 4.69) is 20.8 Å². The van der Waals surface area contributed by atoms with E-state index in [4.69, 9.17) is 0 Å². The van der Waals surface area contributed by atoms with Crippen LogP contribution in [0.5, 0.6) is 0 Å². The summed E-state index contributed by atoms with van der Waals surface area (Å²) in [6, 6.07) is -0.00417. The first kappa shape index (κ1) is 6.24. The average Bonchev–Trinajstić information content (AvgIpc) is 2.66. The van der Waals surface area contributed by atoms with E-state index in [1.165, 1.54) is 6.08 Å². The third-order valence-electron chi connectivity index (χ3n) is 1.93. The number of aliphatic imine (C=N–C) groups is 1. The quantitative estimate of drug-likeness (QED) is 0.432. The topological polar surface area (TPSA) is 66.2 Å². The first-order valence-corrected chi connectivity index (χ1v) is 3.29. The Bertz CT molecular complexity index is 278. The van der Waals surface area contributed by atoms with Crippen LogP contribution in [0, 0.1) is 0 Å². The minimum Gasteiger partial charge on any atom is -0.279 e. The van der Waals surface area contributed by atoms with Crippen LogP contribution in [-0.4, -0.2) is 17.7 Å². The molecule has 11 heavy (non-hydrogen) atoms. The van der Waals surface area contributed by atoms with Gasteiger partial charge in [-0.3, -0.25) is 5.43 Å². The molecule has 2 aliphatic rings. The van der Waals surface area contributed by atoms with Crippen molar-refractivity contribution in [3.8, 4) is 0 Å². The predicted molar refractivity (Wildman–Crippen MR) is 36.4 cm³/mol. The van der Waals surface area contributed by atoms with E-state index >= 15 is 0 Å². The molecule has 0 unspecified atom stereocenters. The zero-order valence-electron chi connectivity index (χ0n) is 5.69. The fourth-order valence-corrected chi connectivity index (χ4v) is 1.14. The zero-order valence-corrected chi connectivity index (χ0v) is 5.69. The van der Waals surface area contributed by atoms with Gasteiger partial charge in [0.15, 0.2) is 0 Å². The van der Waals surface area contributed by atoms with Crippen molar-refractivity contribution >= 4 is 6.08 Å². The third-order valence-corrected chi connectivity index (χ3v) is 1.93. The molecule has 1 aliphatic heterocycles. The number of carbonyl (C=O) groups excluding carboxylic acids is 1. The van der Waals surface area contributed by atoms with Gasteiger partial charge in [0.1, 0.15) is 5.54 Å². The Morgan fingerprint density at radius 2 is 2.73 bits per heavy atom. The Morgan fingerprint density at radius 1 is 1.82 bits per heavy atom. The molecule has 5 heteroatoms. The van der Waals surface area contributed by atoms with Gasteiger partial charge in [-0.15, -0.1) is 5.11 Å². The van der Waals surface area contributed by atoms with E-state index in [9.17, 15) is 4.79 Å². The zero-order chi connectivity index (χ0) is 7.73. The van der Waals surface area contributed by atoms with Crippen molar-refractivity contribution in [3.05, 3.63) is 12.3 Å². The molecule has 0 aromatic rings. The van der Waals surface area contributed by atoms with Crippen LogP contribution in [0.4, 0.5) is 0 Å². The molecule has 0 aromatic carbocycles. The fourth-order valence-electron chi connectivity index (χ4n) is 1.14. The van der Waals surface area contributed by atoms with E-state index in [0.29, 0.717) is 0 Å². The SMILES string of the molecule is O=C=N[C@@H]1C[C@]12C=CN=NN2. The molecule has 0 aromatic heterocycles. The number of hydrogen-bond acceptors (Lipinski definition) is 5. The lowest BCUT2D eigenvalue weighted by Gasteiger charge is -2.10. The van der Waals surface area contributed by atoms with Crippen LogP contribution in [-0.2, 0) is 4.79 Å². The average molecular weight is 150 g/mol. The molecular formula is C6H6N4O. The highest BCUT2D eigenvalue weighted by atomic mass is 16.1. The summed E-state index contributed by atoms with van der Waals surface area (Å²) >= 11 is 0. The van der Waals surface area contributed by atoms with Crippen LogP contribution in [0.15, 0.2) is 27.6 Å². The lowest BCUT2D eigenvalue weighted by molar-refractivity contribution is 0.543. The van der Waals surface area contributed by atoms with E-state index in [1.54, 1.807) is 6.20 Å². The number of nitrogens with zero attached hydrogens (tertiary/aromatic N) is 3. The van der Waals surface area contributed by atoms with Gasteiger partial charge in [0.2, 0.25) is 6.08 Å². The molecule has 2 rings (SSSR count). The van der Waals surface area contributed by atoms with E-state index in [-0.39, 0.29) is 11.6 Å². The molecule has 1 fully saturated rings. The van der Waals surface area contributed by atoms with Crippen molar-refractivity contribution < 1.29 is 4.79 Å². The molecule has 0 radical (unpaired) electrons. The standard InChI is InChI=1S/C6H6N4O/c11-4-7-5-3-6(5)1-2-8-10-9-6/h1-2,5H,3H2,(H,8,9)/t5-,6-/m1/s1. The molecule has 1 saturated carbocycles. The molecule has 0 bridgehead atoms. The van der Waals surface area contributed by atoms with E-state index < -0.39 is 0 Å². The molecule has 0 amide bonds. The summed E-state index contributed by atoms with van der Waals surface area (Å²) in [5.74, 6) is 0. The van der Waals surface area contributed by atoms with Crippen LogP contribution in [0.3, 0.4) is 0 Å². The maximum absolute atomic E-state index is 9.88. The van der Waals surface area contributed by atoms with Crippen molar-refractivity contribution in [1.82, 2.24) is 5.43 Å². The normalized spacial score (nSPS) is 38.0. The van der Waals surface area contributed by atoms with Gasteiger partial charge in [0.25, 0.3) is 0 Å². The van der Waals surface area contributed by atoms with Crippen molar-refractivity contribution in [2.24, 2.45) is 15.3 Å². The fraction of sp³-hybridized carbons (Fsp3) is 0.500. The monoisotopic (exact) mass is 150 g/mol. The van der Waals surface area contributed by atoms with Gasteiger partial charge in [0.05, 0.1) is 6.04 Å². The summed E-state index contributed by atoms with van der Waals surface area (Å²) in [6.45, 7) is 0. The summed E-state index contributed by atoms with van der Waals surface area (Å²) in [5.41, 5.74) is 2.58. The van der Waals surface area contributed by atoms with Gasteiger partial charge in [-0.2, -0.15) is 4.99 Å². The molecule has 2 atom stereocenters. The Labute approximate surface area is 62.9 Å². The smallest absolute Gasteiger partial charge is 0.235 e. The Kier molecular flexibility index (Phi) is 1.14. The number of rotatable bonds is 1. The van der Waals surface area contributed by atoms with E-state index in [1.807, 2.05) is 6.08 Å². The van der Waals surface area contributed by atoms with Gasteiger partial charge < -0.3 is 0 Å². The van der Waals surface area contributed by atoms with Crippen LogP contribution < -0.4 is 5.43 Å². The molecule has 56 valence electrons. The highest BCUT2D eigenvalue weighted by molar-refractivity contribution is 5.39. The summed E-state index contributed by atoms with van der Waals surface area (Å²) in [6.07, 6.45) is 5.81. The second-order valence-electron chi connectivity index (χ2n) is 2.62. The number of hydrogen-bond donors (Lipinski definition) is 1. The minimum absolute atomic E-state index is 0.00417. The number of nitrogens with one attached hydrogen (secondary N) is 1. The third kappa shape index (κ3) is 0.860. The summed E-state index contributed by atoms with van der Waals surface area (Å²) < 4.78 is 0. The van der Waals surface area contributed by atoms with E-state index in [0.717, 1.165) is 6.42 Å². The van der Waals surface area contributed by atoms with Crippen LogP contribution in [0.25, 0.3) is 0 Å². The maximum Gasteiger partial charge on any atom is 0.235 e. The van der Waals surface area contributed by atoms with Crippen molar-refractivity contribution in [2.45, 2.75) is 18.0 Å². The summed E-state index contributed by atoms with van der Waals surface area (Å²) in [4.78, 5) is 13.5. The molecule has 5 nitrogen and oxygen atoms in total. The Hall–Kier alpha value is -1.48. The second kappa shape index (κ2) is 2.00. The van der Waals surface area contributed by atoms with Crippen LogP contribution in [0.2, 0.25) is 0 Å². The van der Waals surface area contributed by atoms with Crippen molar-refractivity contribution in [3.63, 3.8) is 0 Å². The Morgan fingerprint density at radius 3 is 3.36 bits per heavy atom. The predicted octanol–water partition coefficient (Wildman–Crippen LogP) is 0.317. The maximum atomic E-state index is 9.88. The molecule has 1 heterocycles. The molecule has 1 N–H and O–H groups in total. The first-order chi connectivity index (χ1) is 5.37. The van der Waals surface area contributed by atoms with Crippen molar-refractivity contribution in [1.29, 1.82) is 0 Å². The van der Waals surface area contributed by atoms with Gasteiger partial charge in [-0.1, -0.05) is 5.22 Å². The second-order valence-corrected chi connectivity index (χ2v) is 2.62. The minimum atomic E-state index is -0.223. The Balaban J connectivity index is 2.12. The van der Waals surface area contributed by atoms with Gasteiger partial charge in [0, 0.05) is 12.6 Å². The largest absolute Gasteiger partial charge is 0.279 e. The molecule has 1 aliphatic carbocycles. The first-order valence-electron chi connectivity index (χ1n) is 3.29. The molecular weight excluding hydrogens is 144 g/mol. The molecule has 1 spiro atoms. The van der Waals surface area contributed by atoms with Crippen LogP contribution in [0.1, 0.15) is 6.42 Å².